The van der Waals surface area contributed by atoms with Gasteiger partial charge in [0.25, 0.3) is 0 Å². The van der Waals surface area contributed by atoms with Gasteiger partial charge in [-0.1, -0.05) is 80.1 Å². The van der Waals surface area contributed by atoms with Crippen LogP contribution in [0.4, 0.5) is 0 Å². The van der Waals surface area contributed by atoms with Crippen molar-refractivity contribution in [3.8, 4) is 0 Å². The molecule has 1 amide bonds. The van der Waals surface area contributed by atoms with Crippen molar-refractivity contribution in [2.45, 2.75) is 82.8 Å². The van der Waals surface area contributed by atoms with E-state index in [2.05, 4.69) is 90.0 Å². The van der Waals surface area contributed by atoms with Crippen molar-refractivity contribution in [2.75, 3.05) is 74.1 Å². The molecule has 2 saturated heterocycles. The Hall–Kier alpha value is 2.03. The van der Waals surface area contributed by atoms with E-state index in [4.69, 9.17) is 0 Å². The summed E-state index contributed by atoms with van der Waals surface area (Å²) in [5, 5.41) is 4.01. The molecular weight excluding hydrogens is 778 g/mol. The van der Waals surface area contributed by atoms with Crippen LogP contribution in [0.5, 0.6) is 0 Å². The fourth-order valence-corrected chi connectivity index (χ4v) is 9.44. The van der Waals surface area contributed by atoms with Crippen LogP contribution in [0.3, 0.4) is 0 Å². The van der Waals surface area contributed by atoms with E-state index in [0.29, 0.717) is 11.8 Å². The Kier molecular flexibility index (Phi) is 22.6. The molecule has 2 rings (SSSR count). The Morgan fingerprint density at radius 1 is 0.973 bits per heavy atom. The Morgan fingerprint density at radius 2 is 1.78 bits per heavy atom. The quantitative estimate of drug-likeness (QED) is 0.0603. The number of nitrogens with one attached hydrogen (secondary N) is 1. The van der Waals surface area contributed by atoms with E-state index in [0.717, 1.165) is 35.7 Å². The van der Waals surface area contributed by atoms with Gasteiger partial charge in [0, 0.05) is 48.0 Å². The van der Waals surface area contributed by atoms with Gasteiger partial charge in [-0.15, -0.1) is 0 Å². The molecule has 1 N–H and O–H groups in total. The minimum Gasteiger partial charge on any atom is -0.356 e. The first-order valence-electron chi connectivity index (χ1n) is 14.2. The van der Waals surface area contributed by atoms with Gasteiger partial charge in [0.05, 0.1) is 4.55 Å². The maximum atomic E-state index is 12.2. The predicted octanol–water partition coefficient (Wildman–Crippen LogP) is 6.54. The minimum absolute atomic E-state index is 0. The molecule has 221 valence electrons. The standard InChI is InChI=1S/C27H52I2N4OS2.Cu/c1-27(23-28)12-7-15-31(2)20-21-33(24-29)18-8-17-32(19-13-27)16-6-5-14-30-26(34)10-4-3-9-25-11-22-35-36-25;/h25H,3-24H2,1-2H3,(H,30,34);/q;+2. The van der Waals surface area contributed by atoms with Crippen LogP contribution < -0.4 is 5.32 Å². The number of amides is 1. The Balaban J connectivity index is 0.00000684. The number of nitrogens with zero attached hydrogens (tertiary/aromatic N) is 3. The number of hydrogen-bond acceptors (Lipinski definition) is 6. The average Bonchev–Trinajstić information content (AvgIpc) is 3.39. The van der Waals surface area contributed by atoms with Gasteiger partial charge in [0.15, 0.2) is 0 Å². The van der Waals surface area contributed by atoms with E-state index in [1.807, 2.05) is 10.8 Å². The van der Waals surface area contributed by atoms with Crippen molar-refractivity contribution < 1.29 is 21.9 Å². The summed E-state index contributed by atoms with van der Waals surface area (Å²) < 4.78 is 2.37. The molecule has 37 heavy (non-hydrogen) atoms. The van der Waals surface area contributed by atoms with E-state index < -0.39 is 0 Å². The molecule has 2 aliphatic rings. The van der Waals surface area contributed by atoms with Crippen molar-refractivity contribution in [1.82, 2.24) is 20.0 Å². The summed E-state index contributed by atoms with van der Waals surface area (Å²) in [4.78, 5) is 20.1. The third-order valence-corrected chi connectivity index (χ3v) is 13.5. The van der Waals surface area contributed by atoms with E-state index in [1.54, 1.807) is 0 Å². The molecule has 2 unspecified atom stereocenters. The Morgan fingerprint density at radius 3 is 2.51 bits per heavy atom. The summed E-state index contributed by atoms with van der Waals surface area (Å²) in [5.74, 6) is 1.56. The van der Waals surface area contributed by atoms with Gasteiger partial charge in [0.2, 0.25) is 5.91 Å². The molecule has 0 aromatic heterocycles. The van der Waals surface area contributed by atoms with E-state index in [1.165, 1.54) is 101 Å². The first-order chi connectivity index (χ1) is 17.4. The van der Waals surface area contributed by atoms with Crippen LogP contribution >= 0.6 is 66.8 Å². The molecule has 5 nitrogen and oxygen atoms in total. The number of rotatable bonds is 12. The maximum Gasteiger partial charge on any atom is 2.00 e. The van der Waals surface area contributed by atoms with Crippen molar-refractivity contribution >= 4 is 72.7 Å². The first kappa shape index (κ1) is 37.1. The van der Waals surface area contributed by atoms with Gasteiger partial charge < -0.3 is 15.1 Å². The second-order valence-electron chi connectivity index (χ2n) is 11.2. The molecule has 0 spiro atoms. The first-order valence-corrected chi connectivity index (χ1v) is 19.7. The van der Waals surface area contributed by atoms with Crippen LogP contribution in [0, 0.1) is 5.41 Å². The fraction of sp³-hybridized carbons (Fsp3) is 0.963. The zero-order valence-corrected chi connectivity index (χ0v) is 30.1. The van der Waals surface area contributed by atoms with Crippen LogP contribution in [0.15, 0.2) is 0 Å². The van der Waals surface area contributed by atoms with Crippen LogP contribution in [0.25, 0.3) is 0 Å². The Bertz CT molecular complexity index is 593. The molecule has 2 atom stereocenters. The largest absolute Gasteiger partial charge is 2.00 e. The summed E-state index contributed by atoms with van der Waals surface area (Å²) in [6.45, 7) is 11.7. The van der Waals surface area contributed by atoms with Gasteiger partial charge in [0.1, 0.15) is 0 Å². The molecule has 2 aliphatic heterocycles. The fourth-order valence-electron chi connectivity index (χ4n) is 4.97. The van der Waals surface area contributed by atoms with Gasteiger partial charge in [-0.2, -0.15) is 0 Å². The molecule has 0 aromatic carbocycles. The van der Waals surface area contributed by atoms with Crippen molar-refractivity contribution in [1.29, 1.82) is 0 Å². The van der Waals surface area contributed by atoms with E-state index in [9.17, 15) is 4.79 Å². The molecule has 0 aliphatic carbocycles. The topological polar surface area (TPSA) is 38.8 Å². The van der Waals surface area contributed by atoms with Crippen LogP contribution in [0.2, 0.25) is 0 Å². The van der Waals surface area contributed by atoms with Gasteiger partial charge in [-0.05, 0) is 96.4 Å². The number of likely N-dealkylation sites (N-methyl/N-ethyl adjacent to an activating group) is 1. The van der Waals surface area contributed by atoms with Crippen molar-refractivity contribution in [3.05, 3.63) is 0 Å². The molecule has 0 aromatic rings. The van der Waals surface area contributed by atoms with Crippen molar-refractivity contribution in [3.63, 3.8) is 0 Å². The number of halogens is 2. The maximum absolute atomic E-state index is 12.2. The van der Waals surface area contributed by atoms with Crippen LogP contribution in [0.1, 0.15) is 77.6 Å². The Labute approximate surface area is 274 Å². The summed E-state index contributed by atoms with van der Waals surface area (Å²) in [7, 11) is 6.35. The molecule has 1 radical (unpaired) electrons. The van der Waals surface area contributed by atoms with Crippen molar-refractivity contribution in [2.24, 2.45) is 5.41 Å². The molecule has 2 heterocycles. The average molecular weight is 830 g/mol. The van der Waals surface area contributed by atoms with Gasteiger partial charge >= 0.3 is 17.1 Å². The van der Waals surface area contributed by atoms with E-state index >= 15 is 0 Å². The second kappa shape index (κ2) is 22.6. The number of unbranched alkanes of at least 4 members (excludes halogenated alkanes) is 2. The monoisotopic (exact) mass is 829 g/mol. The number of hydrogen-bond donors (Lipinski definition) is 1. The molecule has 0 bridgehead atoms. The second-order valence-corrected chi connectivity index (χ2v) is 15.4. The number of carbonyl (C=O) groups is 1. The number of carbonyl (C=O) groups excluding carboxylic acids is 1. The summed E-state index contributed by atoms with van der Waals surface area (Å²) >= 11 is 5.14. The minimum atomic E-state index is 0. The SMILES string of the molecule is CN1CCCC(C)(CI)CCN(CCCCNC(=O)CCCCC2CCSS2)CCCN(CI)CC1.[Cu+2]. The third-order valence-electron chi connectivity index (χ3n) is 7.72. The number of alkyl halides is 2. The summed E-state index contributed by atoms with van der Waals surface area (Å²) in [6, 6.07) is 0. The van der Waals surface area contributed by atoms with Gasteiger partial charge in [-0.25, -0.2) is 0 Å². The molecule has 0 saturated carbocycles. The van der Waals surface area contributed by atoms with Crippen LogP contribution in [-0.4, -0.2) is 100.0 Å². The third kappa shape index (κ3) is 17.6. The molecule has 2 fully saturated rings. The smallest absolute Gasteiger partial charge is 0.356 e. The summed E-state index contributed by atoms with van der Waals surface area (Å²) in [5.41, 5.74) is 0.446. The predicted molar refractivity (Wildman–Crippen MR) is 179 cm³/mol. The molecular formula is C27H52CuI2N4OS2+2. The zero-order chi connectivity index (χ0) is 26.1. The van der Waals surface area contributed by atoms with Gasteiger partial charge in [-0.3, -0.25) is 9.69 Å². The van der Waals surface area contributed by atoms with Crippen LogP contribution in [-0.2, 0) is 21.9 Å². The zero-order valence-electron chi connectivity index (χ0n) is 23.3. The van der Waals surface area contributed by atoms with E-state index in [-0.39, 0.29) is 23.0 Å². The molecule has 10 heteroatoms. The summed E-state index contributed by atoms with van der Waals surface area (Å²) in [6.07, 6.45) is 13.0. The normalized spacial score (nSPS) is 25.9.